The standard InChI is InChI=1S/C17H18N2/c1-12-3-2-4-13(9-12)14-5-6-17-16(10-14)15(7-8-18)11-19-17/h2-6,9-11,19H,7-8,18H2,1H3. The van der Waals surface area contributed by atoms with Crippen LogP contribution in [-0.4, -0.2) is 11.5 Å². The smallest absolute Gasteiger partial charge is 0.0457 e. The van der Waals surface area contributed by atoms with Gasteiger partial charge in [-0.2, -0.15) is 0 Å². The highest BCUT2D eigenvalue weighted by atomic mass is 14.7. The Balaban J connectivity index is 2.12. The van der Waals surface area contributed by atoms with E-state index in [9.17, 15) is 0 Å². The van der Waals surface area contributed by atoms with Gasteiger partial charge >= 0.3 is 0 Å². The van der Waals surface area contributed by atoms with Crippen LogP contribution < -0.4 is 5.73 Å². The molecule has 2 heteroatoms. The van der Waals surface area contributed by atoms with Crippen molar-refractivity contribution in [3.63, 3.8) is 0 Å². The van der Waals surface area contributed by atoms with Crippen LogP contribution in [0.25, 0.3) is 22.0 Å². The highest BCUT2D eigenvalue weighted by molar-refractivity contribution is 5.88. The molecule has 3 rings (SSSR count). The van der Waals surface area contributed by atoms with Gasteiger partial charge in [0.2, 0.25) is 0 Å². The number of fused-ring (bicyclic) bond motifs is 1. The maximum Gasteiger partial charge on any atom is 0.0457 e. The van der Waals surface area contributed by atoms with Crippen molar-refractivity contribution in [1.82, 2.24) is 4.98 Å². The van der Waals surface area contributed by atoms with E-state index in [4.69, 9.17) is 5.73 Å². The lowest BCUT2D eigenvalue weighted by atomic mass is 10.0. The number of nitrogens with one attached hydrogen (secondary N) is 1. The molecule has 0 fully saturated rings. The summed E-state index contributed by atoms with van der Waals surface area (Å²) in [6, 6.07) is 15.2. The van der Waals surface area contributed by atoms with E-state index in [0.29, 0.717) is 6.54 Å². The number of H-pyrrole nitrogens is 1. The molecule has 0 radical (unpaired) electrons. The molecule has 2 aromatic carbocycles. The molecular weight excluding hydrogens is 232 g/mol. The lowest BCUT2D eigenvalue weighted by Crippen LogP contribution is -2.01. The van der Waals surface area contributed by atoms with Crippen molar-refractivity contribution in [1.29, 1.82) is 0 Å². The highest BCUT2D eigenvalue weighted by Crippen LogP contribution is 2.27. The van der Waals surface area contributed by atoms with Gasteiger partial charge in [0.1, 0.15) is 0 Å². The van der Waals surface area contributed by atoms with Crippen LogP contribution in [0.1, 0.15) is 11.1 Å². The number of nitrogens with two attached hydrogens (primary N) is 1. The van der Waals surface area contributed by atoms with E-state index in [-0.39, 0.29) is 0 Å². The number of hydrogen-bond donors (Lipinski definition) is 2. The van der Waals surface area contributed by atoms with Gasteiger partial charge < -0.3 is 10.7 Å². The fraction of sp³-hybridized carbons (Fsp3) is 0.176. The predicted molar refractivity (Wildman–Crippen MR) is 81.2 cm³/mol. The summed E-state index contributed by atoms with van der Waals surface area (Å²) in [6.45, 7) is 2.81. The Morgan fingerprint density at radius 1 is 1.05 bits per heavy atom. The van der Waals surface area contributed by atoms with Gasteiger partial charge in [-0.25, -0.2) is 0 Å². The topological polar surface area (TPSA) is 41.8 Å². The minimum Gasteiger partial charge on any atom is -0.361 e. The fourth-order valence-corrected chi connectivity index (χ4v) is 2.54. The first-order valence-electron chi connectivity index (χ1n) is 6.65. The first kappa shape index (κ1) is 12.0. The molecule has 0 saturated carbocycles. The second-order valence-electron chi connectivity index (χ2n) is 4.98. The molecule has 0 spiro atoms. The second-order valence-corrected chi connectivity index (χ2v) is 4.98. The first-order valence-corrected chi connectivity index (χ1v) is 6.65. The molecule has 0 amide bonds. The molecular formula is C17H18N2. The van der Waals surface area contributed by atoms with E-state index < -0.39 is 0 Å². The monoisotopic (exact) mass is 250 g/mol. The Morgan fingerprint density at radius 2 is 1.89 bits per heavy atom. The number of aryl methyl sites for hydroxylation is 1. The third kappa shape index (κ3) is 2.27. The molecule has 96 valence electrons. The summed E-state index contributed by atoms with van der Waals surface area (Å²) in [6.07, 6.45) is 2.98. The van der Waals surface area contributed by atoms with Gasteiger partial charge in [0, 0.05) is 17.1 Å². The van der Waals surface area contributed by atoms with Crippen LogP contribution in [0, 0.1) is 6.92 Å². The number of aromatic nitrogens is 1. The van der Waals surface area contributed by atoms with Crippen LogP contribution in [0.3, 0.4) is 0 Å². The minimum atomic E-state index is 0.682. The van der Waals surface area contributed by atoms with Crippen molar-refractivity contribution in [2.75, 3.05) is 6.54 Å². The Morgan fingerprint density at radius 3 is 2.68 bits per heavy atom. The van der Waals surface area contributed by atoms with Gasteiger partial charge in [-0.15, -0.1) is 0 Å². The Labute approximate surface area is 113 Å². The molecule has 1 heterocycles. The fourth-order valence-electron chi connectivity index (χ4n) is 2.54. The average Bonchev–Trinajstić information content (AvgIpc) is 2.82. The van der Waals surface area contributed by atoms with Gasteiger partial charge in [0.25, 0.3) is 0 Å². The molecule has 0 unspecified atom stereocenters. The average molecular weight is 250 g/mol. The molecule has 0 saturated heterocycles. The van der Waals surface area contributed by atoms with Crippen LogP contribution in [0.5, 0.6) is 0 Å². The molecule has 19 heavy (non-hydrogen) atoms. The largest absolute Gasteiger partial charge is 0.361 e. The Bertz CT molecular complexity index is 710. The van der Waals surface area contributed by atoms with Crippen LogP contribution >= 0.6 is 0 Å². The van der Waals surface area contributed by atoms with Crippen molar-refractivity contribution in [2.45, 2.75) is 13.3 Å². The van der Waals surface area contributed by atoms with E-state index >= 15 is 0 Å². The van der Waals surface area contributed by atoms with Crippen LogP contribution in [0.15, 0.2) is 48.7 Å². The lowest BCUT2D eigenvalue weighted by Gasteiger charge is -2.04. The summed E-state index contributed by atoms with van der Waals surface area (Å²) >= 11 is 0. The van der Waals surface area contributed by atoms with Crippen molar-refractivity contribution in [3.8, 4) is 11.1 Å². The summed E-state index contributed by atoms with van der Waals surface area (Å²) in [7, 11) is 0. The van der Waals surface area contributed by atoms with Gasteiger partial charge in [0.15, 0.2) is 0 Å². The molecule has 0 atom stereocenters. The number of hydrogen-bond acceptors (Lipinski definition) is 1. The van der Waals surface area contributed by atoms with Crippen LogP contribution in [-0.2, 0) is 6.42 Å². The van der Waals surface area contributed by atoms with E-state index in [2.05, 4.69) is 60.6 Å². The normalized spacial score (nSPS) is 11.1. The summed E-state index contributed by atoms with van der Waals surface area (Å²) in [5, 5.41) is 1.28. The summed E-state index contributed by atoms with van der Waals surface area (Å²) in [5.74, 6) is 0. The molecule has 2 nitrogen and oxygen atoms in total. The lowest BCUT2D eigenvalue weighted by molar-refractivity contribution is 0.976. The molecule has 0 aliphatic rings. The summed E-state index contributed by atoms with van der Waals surface area (Å²) in [5.41, 5.74) is 12.0. The number of rotatable bonds is 3. The third-order valence-electron chi connectivity index (χ3n) is 3.53. The van der Waals surface area contributed by atoms with Crippen molar-refractivity contribution in [2.24, 2.45) is 5.73 Å². The zero-order chi connectivity index (χ0) is 13.2. The minimum absolute atomic E-state index is 0.682. The SMILES string of the molecule is Cc1cccc(-c2ccc3[nH]cc(CCN)c3c2)c1. The Kier molecular flexibility index (Phi) is 3.10. The van der Waals surface area contributed by atoms with Gasteiger partial charge in [-0.05, 0) is 48.7 Å². The van der Waals surface area contributed by atoms with Crippen molar-refractivity contribution < 1.29 is 0 Å². The Hall–Kier alpha value is -2.06. The molecule has 0 aliphatic carbocycles. The quantitative estimate of drug-likeness (QED) is 0.732. The maximum absolute atomic E-state index is 5.67. The van der Waals surface area contributed by atoms with Gasteiger partial charge in [0.05, 0.1) is 0 Å². The first-order chi connectivity index (χ1) is 9.28. The maximum atomic E-state index is 5.67. The second kappa shape index (κ2) is 4.90. The molecule has 0 aliphatic heterocycles. The molecule has 1 aromatic heterocycles. The highest BCUT2D eigenvalue weighted by Gasteiger charge is 2.05. The van der Waals surface area contributed by atoms with Crippen LogP contribution in [0.2, 0.25) is 0 Å². The third-order valence-corrected chi connectivity index (χ3v) is 3.53. The van der Waals surface area contributed by atoms with Gasteiger partial charge in [-0.3, -0.25) is 0 Å². The molecule has 3 aromatic rings. The summed E-state index contributed by atoms with van der Waals surface area (Å²) in [4.78, 5) is 3.31. The molecule has 3 N–H and O–H groups in total. The zero-order valence-electron chi connectivity index (χ0n) is 11.1. The molecule has 0 bridgehead atoms. The van der Waals surface area contributed by atoms with E-state index in [0.717, 1.165) is 6.42 Å². The predicted octanol–water partition coefficient (Wildman–Crippen LogP) is 3.64. The van der Waals surface area contributed by atoms with Crippen molar-refractivity contribution in [3.05, 3.63) is 59.8 Å². The zero-order valence-corrected chi connectivity index (χ0v) is 11.1. The van der Waals surface area contributed by atoms with Crippen molar-refractivity contribution >= 4 is 10.9 Å². The van der Waals surface area contributed by atoms with E-state index in [1.54, 1.807) is 0 Å². The number of benzene rings is 2. The number of aromatic amines is 1. The van der Waals surface area contributed by atoms with E-state index in [1.165, 1.54) is 33.2 Å². The van der Waals surface area contributed by atoms with Crippen LogP contribution in [0.4, 0.5) is 0 Å². The summed E-state index contributed by atoms with van der Waals surface area (Å²) < 4.78 is 0. The van der Waals surface area contributed by atoms with E-state index in [1.807, 2.05) is 0 Å². The van der Waals surface area contributed by atoms with Gasteiger partial charge in [-0.1, -0.05) is 35.9 Å².